The van der Waals surface area contributed by atoms with Crippen LogP contribution in [0.4, 0.5) is 8.78 Å². The van der Waals surface area contributed by atoms with Crippen LogP contribution in [0.25, 0.3) is 17.1 Å². The van der Waals surface area contributed by atoms with Gasteiger partial charge in [0.2, 0.25) is 5.88 Å². The molecule has 0 aliphatic rings. The van der Waals surface area contributed by atoms with Crippen molar-refractivity contribution in [2.75, 3.05) is 14.2 Å². The summed E-state index contributed by atoms with van der Waals surface area (Å²) in [6, 6.07) is 27.3. The molecule has 0 radical (unpaired) electrons. The first kappa shape index (κ1) is 31.7. The van der Waals surface area contributed by atoms with E-state index in [-0.39, 0.29) is 24.5 Å². The molecule has 3 aromatic carbocycles. The van der Waals surface area contributed by atoms with Gasteiger partial charge in [0, 0.05) is 36.2 Å². The van der Waals surface area contributed by atoms with Crippen LogP contribution in [0.3, 0.4) is 0 Å². The molecule has 0 N–H and O–H groups in total. The van der Waals surface area contributed by atoms with Crippen molar-refractivity contribution in [2.45, 2.75) is 32.4 Å². The van der Waals surface area contributed by atoms with E-state index in [1.165, 1.54) is 10.9 Å². The van der Waals surface area contributed by atoms with Gasteiger partial charge < -0.3 is 14.2 Å². The summed E-state index contributed by atoms with van der Waals surface area (Å²) < 4.78 is 49.8. The number of nitrogens with zero attached hydrogens (tertiary/aromatic N) is 6. The quantitative estimate of drug-likeness (QED) is 0.135. The summed E-state index contributed by atoms with van der Waals surface area (Å²) in [4.78, 5) is 4.52. The van der Waals surface area contributed by atoms with Gasteiger partial charge in [0.05, 0.1) is 26.5 Å². The summed E-state index contributed by atoms with van der Waals surface area (Å²) >= 11 is 6.08. The molecule has 6 aromatic rings. The number of ether oxygens (including phenoxy) is 3. The zero-order valence-corrected chi connectivity index (χ0v) is 26.7. The maximum atomic E-state index is 15.2. The molecule has 0 aliphatic carbocycles. The number of alkyl halides is 2. The van der Waals surface area contributed by atoms with Gasteiger partial charge in [0.25, 0.3) is 5.92 Å². The summed E-state index contributed by atoms with van der Waals surface area (Å²) in [6.45, 7) is 1.19. The van der Waals surface area contributed by atoms with E-state index in [0.29, 0.717) is 34.5 Å². The highest BCUT2D eigenvalue weighted by molar-refractivity contribution is 6.30. The predicted molar refractivity (Wildman–Crippen MR) is 174 cm³/mol. The van der Waals surface area contributed by atoms with Crippen molar-refractivity contribution in [1.29, 1.82) is 0 Å². The average molecular weight is 657 g/mol. The van der Waals surface area contributed by atoms with Crippen LogP contribution in [0, 0.1) is 0 Å². The third kappa shape index (κ3) is 7.41. The van der Waals surface area contributed by atoms with Crippen molar-refractivity contribution in [3.05, 3.63) is 130 Å². The van der Waals surface area contributed by atoms with Gasteiger partial charge in [-0.25, -0.2) is 9.67 Å². The predicted octanol–water partition coefficient (Wildman–Crippen LogP) is 7.53. The van der Waals surface area contributed by atoms with Gasteiger partial charge in [-0.3, -0.25) is 0 Å². The van der Waals surface area contributed by atoms with E-state index in [0.717, 1.165) is 35.1 Å². The van der Waals surface area contributed by atoms with E-state index in [1.807, 2.05) is 54.6 Å². The Morgan fingerprint density at radius 2 is 1.45 bits per heavy atom. The van der Waals surface area contributed by atoms with Crippen LogP contribution in [-0.2, 0) is 25.5 Å². The van der Waals surface area contributed by atoms with Gasteiger partial charge in [-0.05, 0) is 65.2 Å². The molecule has 0 fully saturated rings. The molecule has 240 valence electrons. The minimum absolute atomic E-state index is 0.0453. The SMILES string of the molecule is COc1ccc(COc2cc(Cc3ccc(Cl)cc3)nn2-c2cc(-c3nnn(Cc4ccc(OC)cc4)c3C(C)(F)F)ccn2)cc1. The van der Waals surface area contributed by atoms with Crippen LogP contribution in [0.2, 0.25) is 5.02 Å². The molecule has 0 spiro atoms. The third-order valence-corrected chi connectivity index (χ3v) is 7.70. The fourth-order valence-electron chi connectivity index (χ4n) is 5.09. The van der Waals surface area contributed by atoms with E-state index in [2.05, 4.69) is 15.3 Å². The molecular weight excluding hydrogens is 626 g/mol. The lowest BCUT2D eigenvalue weighted by Gasteiger charge is -2.15. The van der Waals surface area contributed by atoms with Crippen LogP contribution in [-0.4, -0.2) is 44.0 Å². The number of aromatic nitrogens is 6. The van der Waals surface area contributed by atoms with Crippen LogP contribution in [0.1, 0.15) is 35.0 Å². The lowest BCUT2D eigenvalue weighted by molar-refractivity contribution is 0.00882. The van der Waals surface area contributed by atoms with E-state index in [4.69, 9.17) is 30.9 Å². The number of rotatable bonds is 12. The minimum atomic E-state index is -3.24. The van der Waals surface area contributed by atoms with Gasteiger partial charge in [-0.15, -0.1) is 5.10 Å². The van der Waals surface area contributed by atoms with Gasteiger partial charge in [-0.2, -0.15) is 18.6 Å². The number of pyridine rings is 1. The van der Waals surface area contributed by atoms with E-state index in [9.17, 15) is 0 Å². The zero-order chi connectivity index (χ0) is 33.0. The fraction of sp³-hybridized carbons (Fsp3) is 0.200. The summed E-state index contributed by atoms with van der Waals surface area (Å²) in [7, 11) is 3.18. The second-order valence-corrected chi connectivity index (χ2v) is 11.3. The molecule has 9 nitrogen and oxygen atoms in total. The summed E-state index contributed by atoms with van der Waals surface area (Å²) in [5.74, 6) is -1.04. The number of benzene rings is 3. The van der Waals surface area contributed by atoms with Crippen LogP contribution in [0.15, 0.2) is 97.2 Å². The van der Waals surface area contributed by atoms with Crippen LogP contribution < -0.4 is 14.2 Å². The molecule has 47 heavy (non-hydrogen) atoms. The normalized spacial score (nSPS) is 11.4. The first-order valence-corrected chi connectivity index (χ1v) is 15.1. The van der Waals surface area contributed by atoms with E-state index in [1.54, 1.807) is 55.3 Å². The molecule has 0 saturated heterocycles. The Morgan fingerprint density at radius 3 is 2.09 bits per heavy atom. The van der Waals surface area contributed by atoms with E-state index < -0.39 is 5.92 Å². The van der Waals surface area contributed by atoms with Crippen molar-refractivity contribution in [1.82, 2.24) is 29.8 Å². The highest BCUT2D eigenvalue weighted by Crippen LogP contribution is 2.35. The van der Waals surface area contributed by atoms with Crippen molar-refractivity contribution < 1.29 is 23.0 Å². The van der Waals surface area contributed by atoms with Gasteiger partial charge in [0.15, 0.2) is 5.82 Å². The molecule has 0 bridgehead atoms. The molecule has 3 aromatic heterocycles. The van der Waals surface area contributed by atoms with Gasteiger partial charge in [0.1, 0.15) is 29.5 Å². The highest BCUT2D eigenvalue weighted by Gasteiger charge is 2.35. The molecule has 0 amide bonds. The Labute approximate surface area is 275 Å². The number of halogens is 3. The van der Waals surface area contributed by atoms with Crippen molar-refractivity contribution in [2.24, 2.45) is 0 Å². The third-order valence-electron chi connectivity index (χ3n) is 7.45. The maximum Gasteiger partial charge on any atom is 0.288 e. The molecule has 3 heterocycles. The van der Waals surface area contributed by atoms with Gasteiger partial charge >= 0.3 is 0 Å². The minimum Gasteiger partial charge on any atom is -0.497 e. The molecular formula is C35H31ClF2N6O3. The first-order valence-electron chi connectivity index (χ1n) is 14.7. The topological polar surface area (TPSA) is 89.1 Å². The molecule has 0 saturated carbocycles. The monoisotopic (exact) mass is 656 g/mol. The Morgan fingerprint density at radius 1 is 0.809 bits per heavy atom. The summed E-state index contributed by atoms with van der Waals surface area (Å²) in [5.41, 5.74) is 3.55. The zero-order valence-electron chi connectivity index (χ0n) is 25.9. The molecule has 0 unspecified atom stereocenters. The molecule has 0 atom stereocenters. The standard InChI is InChI=1S/C35H31ClF2N6O3/c1-35(37,38)34-33(40-42-43(34)21-24-6-12-29(45-2)13-7-24)26-16-17-39-31(19-26)44-32(47-22-25-8-14-30(46-3)15-9-25)20-28(41-44)18-23-4-10-27(36)11-5-23/h4-17,19-20H,18,21-22H2,1-3H3. The van der Waals surface area contributed by atoms with Gasteiger partial charge in [-0.1, -0.05) is 53.2 Å². The number of hydrogen-bond donors (Lipinski definition) is 0. The Bertz CT molecular complexity index is 1950. The van der Waals surface area contributed by atoms with Crippen molar-refractivity contribution in [3.63, 3.8) is 0 Å². The van der Waals surface area contributed by atoms with Crippen molar-refractivity contribution >= 4 is 11.6 Å². The Kier molecular flexibility index (Phi) is 9.17. The Balaban J connectivity index is 1.34. The smallest absolute Gasteiger partial charge is 0.288 e. The lowest BCUT2D eigenvalue weighted by atomic mass is 10.1. The largest absolute Gasteiger partial charge is 0.497 e. The molecule has 0 aliphatic heterocycles. The second-order valence-electron chi connectivity index (χ2n) is 10.9. The summed E-state index contributed by atoms with van der Waals surface area (Å²) in [5, 5.41) is 13.8. The second kappa shape index (κ2) is 13.6. The lowest BCUT2D eigenvalue weighted by Crippen LogP contribution is -2.17. The van der Waals surface area contributed by atoms with Crippen molar-refractivity contribution in [3.8, 4) is 34.5 Å². The summed E-state index contributed by atoms with van der Waals surface area (Å²) in [6.07, 6.45) is 2.03. The average Bonchev–Trinajstić information content (AvgIpc) is 3.70. The van der Waals surface area contributed by atoms with Crippen LogP contribution >= 0.6 is 11.6 Å². The first-order chi connectivity index (χ1) is 22.7. The fourth-order valence-corrected chi connectivity index (χ4v) is 5.22. The number of hydrogen-bond acceptors (Lipinski definition) is 7. The molecule has 12 heteroatoms. The van der Waals surface area contributed by atoms with Crippen LogP contribution in [0.5, 0.6) is 17.4 Å². The molecule has 6 rings (SSSR count). The van der Waals surface area contributed by atoms with E-state index >= 15 is 8.78 Å². The Hall–Kier alpha value is -5.29. The number of methoxy groups -OCH3 is 2. The highest BCUT2D eigenvalue weighted by atomic mass is 35.5. The maximum absolute atomic E-state index is 15.2.